The van der Waals surface area contributed by atoms with Gasteiger partial charge in [0.2, 0.25) is 0 Å². The number of rotatable bonds is 6. The van der Waals surface area contributed by atoms with E-state index in [4.69, 9.17) is 4.74 Å². The van der Waals surface area contributed by atoms with Crippen molar-refractivity contribution in [2.45, 2.75) is 32.5 Å². The first-order chi connectivity index (χ1) is 15.1. The SMILES string of the molecule is CO[C@H](C(=O)N1CCc2c(cnc(C)c2CNC(=O)c2ccsc2)C1)c1ccccc1. The number of carbonyl (C=O) groups excluding carboxylic acids is 2. The van der Waals surface area contributed by atoms with E-state index in [1.165, 1.54) is 16.9 Å². The lowest BCUT2D eigenvalue weighted by molar-refractivity contribution is -0.143. The van der Waals surface area contributed by atoms with E-state index in [9.17, 15) is 9.59 Å². The van der Waals surface area contributed by atoms with Crippen LogP contribution in [0.2, 0.25) is 0 Å². The van der Waals surface area contributed by atoms with Crippen LogP contribution in [0.1, 0.15) is 44.4 Å². The molecule has 0 radical (unpaired) electrons. The average Bonchev–Trinajstić information content (AvgIpc) is 3.34. The predicted molar refractivity (Wildman–Crippen MR) is 120 cm³/mol. The summed E-state index contributed by atoms with van der Waals surface area (Å²) in [6, 6.07) is 11.4. The van der Waals surface area contributed by atoms with E-state index in [2.05, 4.69) is 10.3 Å². The molecule has 7 heteroatoms. The number of hydrogen-bond acceptors (Lipinski definition) is 5. The highest BCUT2D eigenvalue weighted by Crippen LogP contribution is 2.27. The quantitative estimate of drug-likeness (QED) is 0.642. The second kappa shape index (κ2) is 9.41. The third-order valence-corrected chi connectivity index (χ3v) is 6.36. The molecule has 1 aliphatic heterocycles. The molecule has 0 saturated carbocycles. The number of carbonyl (C=O) groups is 2. The van der Waals surface area contributed by atoms with Gasteiger partial charge in [0.25, 0.3) is 11.8 Å². The number of benzene rings is 1. The summed E-state index contributed by atoms with van der Waals surface area (Å²) in [5.74, 6) is -0.135. The molecular formula is C24H25N3O3S. The minimum absolute atomic E-state index is 0.0489. The molecule has 6 nitrogen and oxygen atoms in total. The van der Waals surface area contributed by atoms with Crippen LogP contribution in [0.15, 0.2) is 53.4 Å². The number of fused-ring (bicyclic) bond motifs is 1. The molecule has 1 atom stereocenters. The van der Waals surface area contributed by atoms with Crippen LogP contribution >= 0.6 is 11.3 Å². The van der Waals surface area contributed by atoms with Crippen LogP contribution in [-0.2, 0) is 29.0 Å². The van der Waals surface area contributed by atoms with E-state index in [1.54, 1.807) is 7.11 Å². The normalized spacial score (nSPS) is 14.1. The van der Waals surface area contributed by atoms with E-state index >= 15 is 0 Å². The van der Waals surface area contributed by atoms with E-state index in [-0.39, 0.29) is 11.8 Å². The third kappa shape index (κ3) is 4.52. The van der Waals surface area contributed by atoms with Crippen molar-refractivity contribution in [3.8, 4) is 0 Å². The van der Waals surface area contributed by atoms with Crippen molar-refractivity contribution in [3.63, 3.8) is 0 Å². The predicted octanol–water partition coefficient (Wildman–Crippen LogP) is 3.65. The van der Waals surface area contributed by atoms with Gasteiger partial charge in [0, 0.05) is 49.6 Å². The summed E-state index contributed by atoms with van der Waals surface area (Å²) in [7, 11) is 1.56. The Hall–Kier alpha value is -3.03. The molecule has 4 rings (SSSR count). The van der Waals surface area contributed by atoms with Crippen LogP contribution in [0, 0.1) is 6.92 Å². The number of aromatic nitrogens is 1. The molecule has 0 bridgehead atoms. The van der Waals surface area contributed by atoms with Crippen LogP contribution in [0.5, 0.6) is 0 Å². The first kappa shape index (κ1) is 21.2. The second-order valence-corrected chi connectivity index (χ2v) is 8.34. The van der Waals surface area contributed by atoms with Crippen LogP contribution < -0.4 is 5.32 Å². The molecule has 0 aliphatic carbocycles. The molecule has 1 N–H and O–H groups in total. The molecule has 0 unspecified atom stereocenters. The van der Waals surface area contributed by atoms with Crippen LogP contribution in [0.3, 0.4) is 0 Å². The zero-order chi connectivity index (χ0) is 21.8. The van der Waals surface area contributed by atoms with Gasteiger partial charge < -0.3 is 15.0 Å². The Balaban J connectivity index is 1.50. The fraction of sp³-hybridized carbons (Fsp3) is 0.292. The molecule has 160 valence electrons. The molecular weight excluding hydrogens is 410 g/mol. The number of nitrogens with one attached hydrogen (secondary N) is 1. The third-order valence-electron chi connectivity index (χ3n) is 5.68. The summed E-state index contributed by atoms with van der Waals surface area (Å²) in [5.41, 5.74) is 5.66. The number of ether oxygens (including phenoxy) is 1. The standard InChI is InChI=1S/C24H25N3O3S/c1-16-21(13-26-23(28)18-9-11-31-15-18)20-8-10-27(14-19(20)12-25-16)24(29)22(30-2)17-6-4-3-5-7-17/h3-7,9,11-12,15,22H,8,10,13-14H2,1-2H3,(H,26,28)/t22-/m0/s1. The van der Waals surface area contributed by atoms with Gasteiger partial charge in [-0.05, 0) is 47.0 Å². The van der Waals surface area contributed by atoms with E-state index in [0.717, 1.165) is 28.8 Å². The lowest BCUT2D eigenvalue weighted by Crippen LogP contribution is -2.40. The first-order valence-corrected chi connectivity index (χ1v) is 11.2. The Morgan fingerprint density at radius 2 is 2.06 bits per heavy atom. The molecule has 1 aliphatic rings. The van der Waals surface area contributed by atoms with Crippen LogP contribution in [-0.4, -0.2) is 35.4 Å². The number of amides is 2. The Morgan fingerprint density at radius 1 is 1.26 bits per heavy atom. The molecule has 2 amide bonds. The van der Waals surface area contributed by atoms with Crippen LogP contribution in [0.4, 0.5) is 0 Å². The van der Waals surface area contributed by atoms with Crippen molar-refractivity contribution in [2.24, 2.45) is 0 Å². The largest absolute Gasteiger partial charge is 0.367 e. The minimum Gasteiger partial charge on any atom is -0.367 e. The van der Waals surface area contributed by atoms with Gasteiger partial charge in [-0.3, -0.25) is 14.6 Å². The van der Waals surface area contributed by atoms with E-state index in [0.29, 0.717) is 25.2 Å². The fourth-order valence-corrected chi connectivity index (χ4v) is 4.62. The summed E-state index contributed by atoms with van der Waals surface area (Å²) in [5, 5.41) is 6.73. The maximum absolute atomic E-state index is 13.2. The monoisotopic (exact) mass is 435 g/mol. The topological polar surface area (TPSA) is 71.5 Å². The Labute approximate surface area is 185 Å². The van der Waals surface area contributed by atoms with Crippen molar-refractivity contribution >= 4 is 23.2 Å². The van der Waals surface area contributed by atoms with Gasteiger partial charge in [0.05, 0.1) is 0 Å². The van der Waals surface area contributed by atoms with Crippen molar-refractivity contribution < 1.29 is 14.3 Å². The van der Waals surface area contributed by atoms with E-state index in [1.807, 2.05) is 65.2 Å². The molecule has 0 fully saturated rings. The number of pyridine rings is 1. The molecule has 1 aromatic carbocycles. The van der Waals surface area contributed by atoms with Crippen LogP contribution in [0.25, 0.3) is 0 Å². The Kier molecular flexibility index (Phi) is 6.44. The highest BCUT2D eigenvalue weighted by molar-refractivity contribution is 7.08. The van der Waals surface area contributed by atoms with Gasteiger partial charge in [-0.2, -0.15) is 11.3 Å². The summed E-state index contributed by atoms with van der Waals surface area (Å²) < 4.78 is 5.53. The lowest BCUT2D eigenvalue weighted by Gasteiger charge is -2.32. The smallest absolute Gasteiger partial charge is 0.256 e. The Morgan fingerprint density at radius 3 is 2.77 bits per heavy atom. The van der Waals surface area contributed by atoms with E-state index < -0.39 is 6.10 Å². The van der Waals surface area contributed by atoms with Gasteiger partial charge in [0.1, 0.15) is 0 Å². The fourth-order valence-electron chi connectivity index (χ4n) is 3.98. The van der Waals surface area contributed by atoms with Crippen molar-refractivity contribution in [1.29, 1.82) is 0 Å². The lowest BCUT2D eigenvalue weighted by atomic mass is 9.94. The van der Waals surface area contributed by atoms with Gasteiger partial charge in [-0.1, -0.05) is 30.3 Å². The second-order valence-electron chi connectivity index (χ2n) is 7.56. The number of hydrogen-bond donors (Lipinski definition) is 1. The molecule has 0 saturated heterocycles. The maximum Gasteiger partial charge on any atom is 0.256 e. The number of thiophene rings is 1. The minimum atomic E-state index is -0.620. The van der Waals surface area contributed by atoms with Gasteiger partial charge in [-0.25, -0.2) is 0 Å². The highest BCUT2D eigenvalue weighted by Gasteiger charge is 2.29. The van der Waals surface area contributed by atoms with Crippen molar-refractivity contribution in [3.05, 3.63) is 86.9 Å². The Bertz CT molecular complexity index is 1070. The molecule has 2 aromatic heterocycles. The molecule has 3 heterocycles. The zero-order valence-electron chi connectivity index (χ0n) is 17.6. The molecule has 0 spiro atoms. The summed E-state index contributed by atoms with van der Waals surface area (Å²) in [4.78, 5) is 31.9. The van der Waals surface area contributed by atoms with Crippen molar-refractivity contribution in [2.75, 3.05) is 13.7 Å². The highest BCUT2D eigenvalue weighted by atomic mass is 32.1. The summed E-state index contributed by atoms with van der Waals surface area (Å²) >= 11 is 1.50. The van der Waals surface area contributed by atoms with Gasteiger partial charge >= 0.3 is 0 Å². The number of aryl methyl sites for hydroxylation is 1. The van der Waals surface area contributed by atoms with Gasteiger partial charge in [-0.15, -0.1) is 0 Å². The number of methoxy groups -OCH3 is 1. The first-order valence-electron chi connectivity index (χ1n) is 10.2. The zero-order valence-corrected chi connectivity index (χ0v) is 18.4. The van der Waals surface area contributed by atoms with Crippen molar-refractivity contribution in [1.82, 2.24) is 15.2 Å². The average molecular weight is 436 g/mol. The molecule has 31 heavy (non-hydrogen) atoms. The summed E-state index contributed by atoms with van der Waals surface area (Å²) in [6.45, 7) is 3.47. The maximum atomic E-state index is 13.2. The van der Waals surface area contributed by atoms with Gasteiger partial charge in [0.15, 0.2) is 6.10 Å². The molecule has 3 aromatic rings. The summed E-state index contributed by atoms with van der Waals surface area (Å²) in [6.07, 6.45) is 1.95. The number of nitrogens with zero attached hydrogens (tertiary/aromatic N) is 2.